The molecule has 1 aliphatic rings. The summed E-state index contributed by atoms with van der Waals surface area (Å²) in [7, 11) is 0. The quantitative estimate of drug-likeness (QED) is 0.798. The molecule has 0 radical (unpaired) electrons. The molecule has 0 atom stereocenters. The van der Waals surface area contributed by atoms with Crippen LogP contribution in [0, 0.1) is 5.82 Å². The van der Waals surface area contributed by atoms with E-state index < -0.39 is 0 Å². The smallest absolute Gasteiger partial charge is 0.137 e. The summed E-state index contributed by atoms with van der Waals surface area (Å²) in [4.78, 5) is 4.27. The zero-order valence-corrected chi connectivity index (χ0v) is 10.1. The highest BCUT2D eigenvalue weighted by Gasteiger charge is 2.17. The number of nitrogen functional groups attached to an aromatic ring is 1. The van der Waals surface area contributed by atoms with Crippen LogP contribution in [0.1, 0.15) is 25.7 Å². The topological polar surface area (TPSA) is 50.9 Å². The van der Waals surface area contributed by atoms with E-state index in [4.69, 9.17) is 5.73 Å². The predicted octanol–water partition coefficient (Wildman–Crippen LogP) is 3.31. The van der Waals surface area contributed by atoms with Crippen LogP contribution in [-0.2, 0) is 0 Å². The van der Waals surface area contributed by atoms with Gasteiger partial charge in [0.1, 0.15) is 11.6 Å². The van der Waals surface area contributed by atoms with E-state index >= 15 is 0 Å². The summed E-state index contributed by atoms with van der Waals surface area (Å²) in [5.41, 5.74) is 6.47. The number of halogens is 1. The Balaban J connectivity index is 2.08. The van der Waals surface area contributed by atoms with E-state index in [1.54, 1.807) is 18.3 Å². The first-order chi connectivity index (χ1) is 8.75. The van der Waals surface area contributed by atoms with Crippen molar-refractivity contribution in [2.45, 2.75) is 31.7 Å². The summed E-state index contributed by atoms with van der Waals surface area (Å²) in [6, 6.07) is 5.16. The zero-order chi connectivity index (χ0) is 12.5. The molecule has 1 aliphatic carbocycles. The summed E-state index contributed by atoms with van der Waals surface area (Å²) < 4.78 is 14.0. The van der Waals surface area contributed by atoms with Gasteiger partial charge in [0, 0.05) is 23.3 Å². The number of anilines is 2. The van der Waals surface area contributed by atoms with Crippen LogP contribution < -0.4 is 11.1 Å². The van der Waals surface area contributed by atoms with E-state index in [2.05, 4.69) is 10.3 Å². The van der Waals surface area contributed by atoms with Crippen LogP contribution in [0.25, 0.3) is 10.8 Å². The standard InChI is InChI=1S/C14H16FN3/c15-11-5-6-12(16)10-7-8-17-14(13(10)11)18-9-3-1-2-4-9/h5-9H,1-4,16H2,(H,17,18). The number of benzene rings is 1. The van der Waals surface area contributed by atoms with Crippen molar-refractivity contribution in [3.8, 4) is 0 Å². The predicted molar refractivity (Wildman–Crippen MR) is 72.0 cm³/mol. The monoisotopic (exact) mass is 245 g/mol. The molecule has 3 nitrogen and oxygen atoms in total. The number of rotatable bonds is 2. The fourth-order valence-corrected chi connectivity index (χ4v) is 2.65. The number of nitrogens with one attached hydrogen (secondary N) is 1. The van der Waals surface area contributed by atoms with E-state index in [1.807, 2.05) is 0 Å². The number of nitrogens with two attached hydrogens (primary N) is 1. The van der Waals surface area contributed by atoms with Gasteiger partial charge in [-0.15, -0.1) is 0 Å². The van der Waals surface area contributed by atoms with Gasteiger partial charge in [0.2, 0.25) is 0 Å². The summed E-state index contributed by atoms with van der Waals surface area (Å²) in [6.07, 6.45) is 6.39. The fourth-order valence-electron chi connectivity index (χ4n) is 2.65. The Bertz CT molecular complexity index is 577. The van der Waals surface area contributed by atoms with Gasteiger partial charge in [-0.1, -0.05) is 12.8 Å². The van der Waals surface area contributed by atoms with E-state index in [-0.39, 0.29) is 5.82 Å². The molecule has 0 aliphatic heterocycles. The van der Waals surface area contributed by atoms with Gasteiger partial charge < -0.3 is 11.1 Å². The molecule has 3 rings (SSSR count). The summed E-state index contributed by atoms with van der Waals surface area (Å²) in [5, 5.41) is 4.58. The lowest BCUT2D eigenvalue weighted by molar-refractivity contribution is 0.639. The van der Waals surface area contributed by atoms with Gasteiger partial charge in [-0.25, -0.2) is 9.37 Å². The number of hydrogen-bond acceptors (Lipinski definition) is 3. The Morgan fingerprint density at radius 2 is 2.00 bits per heavy atom. The molecule has 1 aromatic carbocycles. The maximum atomic E-state index is 14.0. The molecule has 94 valence electrons. The Morgan fingerprint density at radius 1 is 1.22 bits per heavy atom. The average Bonchev–Trinajstić information content (AvgIpc) is 2.87. The van der Waals surface area contributed by atoms with Crippen LogP contribution in [-0.4, -0.2) is 11.0 Å². The molecule has 0 spiro atoms. The molecule has 0 bridgehead atoms. The van der Waals surface area contributed by atoms with Crippen LogP contribution in [0.5, 0.6) is 0 Å². The number of pyridine rings is 1. The van der Waals surface area contributed by atoms with Crippen molar-refractivity contribution < 1.29 is 4.39 Å². The molecule has 4 heteroatoms. The van der Waals surface area contributed by atoms with Gasteiger partial charge in [-0.3, -0.25) is 0 Å². The molecule has 2 aromatic rings. The SMILES string of the molecule is Nc1ccc(F)c2c(NC3CCCC3)nccc12. The third kappa shape index (κ3) is 1.88. The van der Waals surface area contributed by atoms with Gasteiger partial charge in [0.05, 0.1) is 5.39 Å². The molecule has 1 fully saturated rings. The molecular weight excluding hydrogens is 229 g/mol. The lowest BCUT2D eigenvalue weighted by Gasteiger charge is -2.15. The van der Waals surface area contributed by atoms with E-state index in [0.29, 0.717) is 22.9 Å². The van der Waals surface area contributed by atoms with Gasteiger partial charge in [-0.05, 0) is 31.0 Å². The lowest BCUT2D eigenvalue weighted by Crippen LogP contribution is -2.16. The van der Waals surface area contributed by atoms with Gasteiger partial charge in [-0.2, -0.15) is 0 Å². The largest absolute Gasteiger partial charge is 0.398 e. The second kappa shape index (κ2) is 4.44. The minimum atomic E-state index is -0.271. The Hall–Kier alpha value is -1.84. The van der Waals surface area contributed by atoms with Crippen LogP contribution in [0.15, 0.2) is 24.4 Å². The third-order valence-corrected chi connectivity index (χ3v) is 3.61. The van der Waals surface area contributed by atoms with Crippen LogP contribution in [0.4, 0.5) is 15.9 Å². The summed E-state index contributed by atoms with van der Waals surface area (Å²) in [6.45, 7) is 0. The summed E-state index contributed by atoms with van der Waals surface area (Å²) in [5.74, 6) is 0.344. The Morgan fingerprint density at radius 3 is 2.78 bits per heavy atom. The van der Waals surface area contributed by atoms with Crippen molar-refractivity contribution in [2.75, 3.05) is 11.1 Å². The van der Waals surface area contributed by atoms with Crippen molar-refractivity contribution >= 4 is 22.3 Å². The van der Waals surface area contributed by atoms with Crippen LogP contribution in [0.2, 0.25) is 0 Å². The average molecular weight is 245 g/mol. The molecule has 18 heavy (non-hydrogen) atoms. The minimum absolute atomic E-state index is 0.271. The highest BCUT2D eigenvalue weighted by Crippen LogP contribution is 2.30. The first kappa shape index (κ1) is 11.3. The van der Waals surface area contributed by atoms with Gasteiger partial charge >= 0.3 is 0 Å². The number of nitrogens with zero attached hydrogens (tertiary/aromatic N) is 1. The summed E-state index contributed by atoms with van der Waals surface area (Å²) >= 11 is 0. The van der Waals surface area contributed by atoms with E-state index in [0.717, 1.165) is 18.2 Å². The van der Waals surface area contributed by atoms with E-state index in [1.165, 1.54) is 18.9 Å². The maximum Gasteiger partial charge on any atom is 0.137 e. The molecule has 3 N–H and O–H groups in total. The maximum absolute atomic E-state index is 14.0. The number of fused-ring (bicyclic) bond motifs is 1. The second-order valence-electron chi connectivity index (χ2n) is 4.84. The lowest BCUT2D eigenvalue weighted by atomic mass is 10.1. The zero-order valence-electron chi connectivity index (χ0n) is 10.1. The molecule has 0 amide bonds. The molecule has 0 saturated heterocycles. The minimum Gasteiger partial charge on any atom is -0.398 e. The molecule has 1 aromatic heterocycles. The van der Waals surface area contributed by atoms with Crippen LogP contribution in [0.3, 0.4) is 0 Å². The van der Waals surface area contributed by atoms with Gasteiger partial charge in [0.15, 0.2) is 0 Å². The normalized spacial score (nSPS) is 16.3. The molecular formula is C14H16FN3. The molecule has 1 heterocycles. The van der Waals surface area contributed by atoms with Crippen molar-refractivity contribution in [3.05, 3.63) is 30.2 Å². The molecule has 0 unspecified atom stereocenters. The molecule has 1 saturated carbocycles. The first-order valence-electron chi connectivity index (χ1n) is 6.35. The fraction of sp³-hybridized carbons (Fsp3) is 0.357. The van der Waals surface area contributed by atoms with Gasteiger partial charge in [0.25, 0.3) is 0 Å². The van der Waals surface area contributed by atoms with Crippen molar-refractivity contribution in [3.63, 3.8) is 0 Å². The van der Waals surface area contributed by atoms with Crippen molar-refractivity contribution in [1.82, 2.24) is 4.98 Å². The number of aromatic nitrogens is 1. The highest BCUT2D eigenvalue weighted by molar-refractivity contribution is 5.99. The third-order valence-electron chi connectivity index (χ3n) is 3.61. The Labute approximate surface area is 105 Å². The van der Waals surface area contributed by atoms with Crippen molar-refractivity contribution in [1.29, 1.82) is 0 Å². The number of hydrogen-bond donors (Lipinski definition) is 2. The van der Waals surface area contributed by atoms with E-state index in [9.17, 15) is 4.39 Å². The highest BCUT2D eigenvalue weighted by atomic mass is 19.1. The van der Waals surface area contributed by atoms with Crippen LogP contribution >= 0.6 is 0 Å². The second-order valence-corrected chi connectivity index (χ2v) is 4.84. The van der Waals surface area contributed by atoms with Crippen molar-refractivity contribution in [2.24, 2.45) is 0 Å². The Kier molecular flexibility index (Phi) is 2.78. The first-order valence-corrected chi connectivity index (χ1v) is 6.35.